The number of rotatable bonds is 3. The first-order chi connectivity index (χ1) is 7.40. The zero-order chi connectivity index (χ0) is 10.5. The topological polar surface area (TPSA) is 60.2 Å². The predicted octanol–water partition coefficient (Wildman–Crippen LogP) is 1.67. The third-order valence-electron chi connectivity index (χ3n) is 2.56. The van der Waals surface area contributed by atoms with Crippen molar-refractivity contribution in [3.63, 3.8) is 0 Å². The Morgan fingerprint density at radius 3 is 3.27 bits per heavy atom. The lowest BCUT2D eigenvalue weighted by Crippen LogP contribution is -2.21. The molecule has 1 saturated heterocycles. The monoisotopic (exact) mass is 211 g/mol. The van der Waals surface area contributed by atoms with Crippen molar-refractivity contribution in [3.8, 4) is 6.08 Å². The van der Waals surface area contributed by atoms with Gasteiger partial charge in [0.25, 0.3) is 0 Å². The summed E-state index contributed by atoms with van der Waals surface area (Å²) in [7, 11) is 0. The molecule has 2 heterocycles. The highest BCUT2D eigenvalue weighted by Crippen LogP contribution is 2.21. The Bertz CT molecular complexity index is 293. The fraction of sp³-hybridized carbons (Fsp3) is 0.800. The molecule has 0 bridgehead atoms. The van der Waals surface area contributed by atoms with Crippen LogP contribution < -0.4 is 10.1 Å². The zero-order valence-electron chi connectivity index (χ0n) is 9.03. The largest absolute Gasteiger partial charge is 0.449 e. The summed E-state index contributed by atoms with van der Waals surface area (Å²) in [5.74, 6) is 0.723. The summed E-state index contributed by atoms with van der Waals surface area (Å²) >= 11 is 0. The van der Waals surface area contributed by atoms with Gasteiger partial charge in [-0.05, 0) is 26.3 Å². The average molecular weight is 211 g/mol. The molecule has 5 heteroatoms. The molecule has 0 aliphatic carbocycles. The third-order valence-corrected chi connectivity index (χ3v) is 2.56. The number of nitrogens with zero attached hydrogens (tertiary/aromatic N) is 2. The molecule has 5 nitrogen and oxygen atoms in total. The second-order valence-corrected chi connectivity index (χ2v) is 3.71. The van der Waals surface area contributed by atoms with Gasteiger partial charge < -0.3 is 10.1 Å². The number of aromatic nitrogens is 2. The van der Waals surface area contributed by atoms with E-state index in [1.165, 1.54) is 19.3 Å². The molecule has 84 valence electrons. The van der Waals surface area contributed by atoms with Gasteiger partial charge in [-0.2, -0.15) is 4.98 Å². The molecule has 0 aromatic carbocycles. The molecule has 0 radical (unpaired) electrons. The van der Waals surface area contributed by atoms with Gasteiger partial charge in [-0.1, -0.05) is 18.0 Å². The molecule has 0 saturated carbocycles. The SMILES string of the molecule is CCOc1nc(C2CCCCCN2)no1. The second-order valence-electron chi connectivity index (χ2n) is 3.71. The van der Waals surface area contributed by atoms with Gasteiger partial charge in [0.05, 0.1) is 12.6 Å². The maximum atomic E-state index is 5.14. The van der Waals surface area contributed by atoms with Crippen LogP contribution in [0.5, 0.6) is 6.08 Å². The van der Waals surface area contributed by atoms with Crippen molar-refractivity contribution in [1.82, 2.24) is 15.5 Å². The number of hydrogen-bond donors (Lipinski definition) is 1. The summed E-state index contributed by atoms with van der Waals surface area (Å²) in [4.78, 5) is 4.20. The first-order valence-corrected chi connectivity index (χ1v) is 5.60. The van der Waals surface area contributed by atoms with E-state index in [1.54, 1.807) is 0 Å². The number of nitrogens with one attached hydrogen (secondary N) is 1. The molecule has 0 spiro atoms. The molecule has 0 amide bonds. The van der Waals surface area contributed by atoms with Gasteiger partial charge in [0.2, 0.25) is 0 Å². The molecule has 1 aliphatic rings. The Morgan fingerprint density at radius 1 is 1.47 bits per heavy atom. The first-order valence-electron chi connectivity index (χ1n) is 5.60. The summed E-state index contributed by atoms with van der Waals surface area (Å²) in [6.07, 6.45) is 5.08. The maximum absolute atomic E-state index is 5.14. The van der Waals surface area contributed by atoms with E-state index < -0.39 is 0 Å². The van der Waals surface area contributed by atoms with Crippen LogP contribution in [0.2, 0.25) is 0 Å². The Morgan fingerprint density at radius 2 is 2.40 bits per heavy atom. The first kappa shape index (κ1) is 10.4. The molecule has 1 N–H and O–H groups in total. The van der Waals surface area contributed by atoms with Crippen LogP contribution in [-0.4, -0.2) is 23.3 Å². The maximum Gasteiger partial charge on any atom is 0.417 e. The van der Waals surface area contributed by atoms with Gasteiger partial charge in [0.1, 0.15) is 0 Å². The van der Waals surface area contributed by atoms with Crippen molar-refractivity contribution in [1.29, 1.82) is 0 Å². The predicted molar refractivity (Wildman–Crippen MR) is 54.7 cm³/mol. The van der Waals surface area contributed by atoms with Crippen LogP contribution in [-0.2, 0) is 0 Å². The smallest absolute Gasteiger partial charge is 0.417 e. The Balaban J connectivity index is 2.00. The minimum atomic E-state index is 0.227. The minimum absolute atomic E-state index is 0.227. The summed E-state index contributed by atoms with van der Waals surface area (Å²) in [5.41, 5.74) is 0. The molecule has 1 unspecified atom stereocenters. The van der Waals surface area contributed by atoms with Gasteiger partial charge in [-0.25, -0.2) is 0 Å². The standard InChI is InChI=1S/C10H17N3O2/c1-2-14-10-12-9(13-15-10)8-6-4-3-5-7-11-8/h8,11H,2-7H2,1H3. The molecular weight excluding hydrogens is 194 g/mol. The normalized spacial score (nSPS) is 22.3. The van der Waals surface area contributed by atoms with Crippen molar-refractivity contribution >= 4 is 0 Å². The second kappa shape index (κ2) is 5.11. The van der Waals surface area contributed by atoms with Crippen molar-refractivity contribution in [2.45, 2.75) is 38.6 Å². The minimum Gasteiger partial charge on any atom is -0.449 e. The zero-order valence-corrected chi connectivity index (χ0v) is 9.03. The van der Waals surface area contributed by atoms with Crippen molar-refractivity contribution in [3.05, 3.63) is 5.82 Å². The van der Waals surface area contributed by atoms with Gasteiger partial charge in [-0.3, -0.25) is 4.52 Å². The molecule has 1 atom stereocenters. The average Bonchev–Trinajstić information content (AvgIpc) is 2.53. The molecular formula is C10H17N3O2. The molecule has 1 aromatic heterocycles. The van der Waals surface area contributed by atoms with Crippen LogP contribution in [0.3, 0.4) is 0 Å². The molecule has 1 aliphatic heterocycles. The van der Waals surface area contributed by atoms with Gasteiger partial charge in [0.15, 0.2) is 5.82 Å². The van der Waals surface area contributed by atoms with Crippen LogP contribution in [0.25, 0.3) is 0 Å². The van der Waals surface area contributed by atoms with Crippen molar-refractivity contribution < 1.29 is 9.26 Å². The fourth-order valence-corrected chi connectivity index (χ4v) is 1.79. The fourth-order valence-electron chi connectivity index (χ4n) is 1.79. The summed E-state index contributed by atoms with van der Waals surface area (Å²) in [6.45, 7) is 3.48. The number of hydrogen-bond acceptors (Lipinski definition) is 5. The van der Waals surface area contributed by atoms with E-state index in [0.717, 1.165) is 18.8 Å². The quantitative estimate of drug-likeness (QED) is 0.824. The lowest BCUT2D eigenvalue weighted by molar-refractivity contribution is 0.214. The Kier molecular flexibility index (Phi) is 3.55. The van der Waals surface area contributed by atoms with E-state index in [9.17, 15) is 0 Å². The van der Waals surface area contributed by atoms with Crippen molar-refractivity contribution in [2.24, 2.45) is 0 Å². The Labute approximate surface area is 89.2 Å². The van der Waals surface area contributed by atoms with E-state index in [1.807, 2.05) is 6.92 Å². The van der Waals surface area contributed by atoms with Crippen LogP contribution in [0.4, 0.5) is 0 Å². The Hall–Kier alpha value is -1.10. The third kappa shape index (κ3) is 2.68. The van der Waals surface area contributed by atoms with E-state index in [4.69, 9.17) is 9.26 Å². The molecule has 2 rings (SSSR count). The summed E-state index contributed by atoms with van der Waals surface area (Å²) < 4.78 is 10.1. The summed E-state index contributed by atoms with van der Waals surface area (Å²) in [6, 6.07) is 0.227. The molecule has 1 aromatic rings. The van der Waals surface area contributed by atoms with Crippen LogP contribution >= 0.6 is 0 Å². The lowest BCUT2D eigenvalue weighted by Gasteiger charge is -2.09. The van der Waals surface area contributed by atoms with Gasteiger partial charge in [0, 0.05) is 0 Å². The van der Waals surface area contributed by atoms with E-state index in [2.05, 4.69) is 15.5 Å². The highest BCUT2D eigenvalue weighted by atomic mass is 16.6. The van der Waals surface area contributed by atoms with Crippen LogP contribution in [0, 0.1) is 0 Å². The molecule has 15 heavy (non-hydrogen) atoms. The molecule has 1 fully saturated rings. The highest BCUT2D eigenvalue weighted by Gasteiger charge is 2.19. The number of ether oxygens (including phenoxy) is 1. The summed E-state index contributed by atoms with van der Waals surface area (Å²) in [5, 5.41) is 7.34. The van der Waals surface area contributed by atoms with Crippen molar-refractivity contribution in [2.75, 3.05) is 13.2 Å². The van der Waals surface area contributed by atoms with E-state index in [-0.39, 0.29) is 12.1 Å². The highest BCUT2D eigenvalue weighted by molar-refractivity contribution is 4.97. The van der Waals surface area contributed by atoms with E-state index >= 15 is 0 Å². The van der Waals surface area contributed by atoms with Crippen LogP contribution in [0.15, 0.2) is 4.52 Å². The van der Waals surface area contributed by atoms with E-state index in [0.29, 0.717) is 6.61 Å². The van der Waals surface area contributed by atoms with Crippen LogP contribution in [0.1, 0.15) is 44.5 Å². The lowest BCUT2D eigenvalue weighted by atomic mass is 10.1. The van der Waals surface area contributed by atoms with Gasteiger partial charge in [-0.15, -0.1) is 0 Å². The van der Waals surface area contributed by atoms with Gasteiger partial charge >= 0.3 is 6.08 Å².